The highest BCUT2D eigenvalue weighted by Gasteiger charge is 2.18. The van der Waals surface area contributed by atoms with Crippen LogP contribution in [-0.4, -0.2) is 31.5 Å². The molecule has 0 spiro atoms. The first kappa shape index (κ1) is 18.8. The van der Waals surface area contributed by atoms with Gasteiger partial charge in [-0.2, -0.15) is 5.10 Å². The molecule has 0 aliphatic heterocycles. The minimum atomic E-state index is -0.806. The summed E-state index contributed by atoms with van der Waals surface area (Å²) < 4.78 is 1.94. The Hall–Kier alpha value is -3.02. The van der Waals surface area contributed by atoms with Gasteiger partial charge in [0.15, 0.2) is 5.78 Å². The summed E-state index contributed by atoms with van der Waals surface area (Å²) in [6.07, 6.45) is 5.41. The number of aryl methyl sites for hydroxylation is 2. The molecule has 3 rings (SSSR count). The number of carbonyl (C=O) groups is 2. The van der Waals surface area contributed by atoms with E-state index < -0.39 is 5.97 Å². The van der Waals surface area contributed by atoms with E-state index in [-0.39, 0.29) is 12.2 Å². The zero-order valence-electron chi connectivity index (χ0n) is 15.8. The van der Waals surface area contributed by atoms with Crippen LogP contribution in [0.4, 0.5) is 0 Å². The molecule has 0 aromatic carbocycles. The molecule has 3 heterocycles. The second-order valence-electron chi connectivity index (χ2n) is 6.68. The lowest BCUT2D eigenvalue weighted by Gasteiger charge is -2.16. The van der Waals surface area contributed by atoms with Gasteiger partial charge in [0.25, 0.3) is 0 Å². The first-order chi connectivity index (χ1) is 12.9. The molecule has 3 aromatic heterocycles. The Labute approximate surface area is 157 Å². The number of carboxylic acids is 1. The number of nitrogens with zero attached hydrogens (tertiary/aromatic N) is 3. The summed E-state index contributed by atoms with van der Waals surface area (Å²) in [5, 5.41) is 13.7. The zero-order valence-corrected chi connectivity index (χ0v) is 15.8. The highest BCUT2D eigenvalue weighted by Crippen LogP contribution is 2.32. The maximum atomic E-state index is 11.8. The van der Waals surface area contributed by atoms with Crippen LogP contribution < -0.4 is 0 Å². The van der Waals surface area contributed by atoms with Crippen molar-refractivity contribution < 1.29 is 14.7 Å². The van der Waals surface area contributed by atoms with Crippen LogP contribution in [-0.2, 0) is 17.6 Å². The van der Waals surface area contributed by atoms with Crippen LogP contribution in [0.2, 0.25) is 0 Å². The Balaban J connectivity index is 2.22. The predicted molar refractivity (Wildman–Crippen MR) is 103 cm³/mol. The van der Waals surface area contributed by atoms with Crippen LogP contribution in [0.1, 0.15) is 54.0 Å². The Morgan fingerprint density at radius 2 is 2.00 bits per heavy atom. The van der Waals surface area contributed by atoms with Crippen LogP contribution in [0.15, 0.2) is 30.6 Å². The van der Waals surface area contributed by atoms with Gasteiger partial charge < -0.3 is 5.11 Å². The van der Waals surface area contributed by atoms with Gasteiger partial charge in [0.1, 0.15) is 0 Å². The molecule has 0 amide bonds. The molecule has 0 atom stereocenters. The molecule has 0 fully saturated rings. The normalized spacial score (nSPS) is 11.1. The molecule has 6 heteroatoms. The number of carboxylic acid groups (broad SMARTS) is 1. The molecule has 140 valence electrons. The number of pyridine rings is 1. The van der Waals surface area contributed by atoms with Gasteiger partial charge in [0, 0.05) is 41.2 Å². The third-order valence-electron chi connectivity index (χ3n) is 4.79. The summed E-state index contributed by atoms with van der Waals surface area (Å²) in [6.45, 7) is 5.55. The number of aromatic nitrogens is 3. The minimum Gasteiger partial charge on any atom is -0.481 e. The van der Waals surface area contributed by atoms with Crippen molar-refractivity contribution in [2.75, 3.05) is 0 Å². The maximum absolute atomic E-state index is 11.8. The molecule has 0 aliphatic carbocycles. The van der Waals surface area contributed by atoms with Crippen molar-refractivity contribution in [1.29, 1.82) is 0 Å². The standard InChI is InChI=1S/C21H23N3O3/c1-4-17-8-9-19-21(16-10-15(14(3)25)11-22-12-16)18(6-5-7-20(26)27)13(2)23-24(17)19/h8-12H,4-7H2,1-3H3,(H,26,27). The summed E-state index contributed by atoms with van der Waals surface area (Å²) in [4.78, 5) is 27.0. The second kappa shape index (κ2) is 7.70. The topological polar surface area (TPSA) is 84.6 Å². The molecule has 0 unspecified atom stereocenters. The van der Waals surface area contributed by atoms with E-state index in [1.54, 1.807) is 12.4 Å². The van der Waals surface area contributed by atoms with Gasteiger partial charge in [-0.1, -0.05) is 6.92 Å². The van der Waals surface area contributed by atoms with E-state index in [1.165, 1.54) is 6.92 Å². The molecule has 3 aromatic rings. The molecular formula is C21H23N3O3. The van der Waals surface area contributed by atoms with Crippen molar-refractivity contribution >= 4 is 17.3 Å². The van der Waals surface area contributed by atoms with E-state index >= 15 is 0 Å². The molecule has 27 heavy (non-hydrogen) atoms. The van der Waals surface area contributed by atoms with Crippen LogP contribution in [0, 0.1) is 6.92 Å². The Kier molecular flexibility index (Phi) is 5.35. The predicted octanol–water partition coefficient (Wildman–Crippen LogP) is 3.88. The van der Waals surface area contributed by atoms with Crippen LogP contribution in [0.25, 0.3) is 16.6 Å². The van der Waals surface area contributed by atoms with Crippen molar-refractivity contribution in [2.24, 2.45) is 0 Å². The molecule has 0 aliphatic rings. The van der Waals surface area contributed by atoms with E-state index in [9.17, 15) is 9.59 Å². The van der Waals surface area contributed by atoms with Gasteiger partial charge in [0.05, 0.1) is 11.2 Å². The minimum absolute atomic E-state index is 0.0387. The smallest absolute Gasteiger partial charge is 0.303 e. The highest BCUT2D eigenvalue weighted by atomic mass is 16.4. The number of Topliss-reactive ketones (excluding diaryl/α,β-unsaturated/α-hetero) is 1. The highest BCUT2D eigenvalue weighted by molar-refractivity contribution is 5.96. The maximum Gasteiger partial charge on any atom is 0.303 e. The van der Waals surface area contributed by atoms with E-state index in [0.29, 0.717) is 18.4 Å². The second-order valence-corrected chi connectivity index (χ2v) is 6.68. The zero-order chi connectivity index (χ0) is 19.6. The number of fused-ring (bicyclic) bond motifs is 1. The fourth-order valence-corrected chi connectivity index (χ4v) is 3.41. The summed E-state index contributed by atoms with van der Waals surface area (Å²) in [6, 6.07) is 5.93. The van der Waals surface area contributed by atoms with Crippen LogP contribution >= 0.6 is 0 Å². The molecule has 0 saturated heterocycles. The largest absolute Gasteiger partial charge is 0.481 e. The average Bonchev–Trinajstić information content (AvgIpc) is 3.04. The lowest BCUT2D eigenvalue weighted by molar-refractivity contribution is -0.137. The number of hydrogen-bond donors (Lipinski definition) is 1. The van der Waals surface area contributed by atoms with Crippen LogP contribution in [0.5, 0.6) is 0 Å². The first-order valence-electron chi connectivity index (χ1n) is 9.10. The van der Waals surface area contributed by atoms with E-state index in [1.807, 2.05) is 23.6 Å². The van der Waals surface area contributed by atoms with E-state index in [0.717, 1.165) is 40.0 Å². The van der Waals surface area contributed by atoms with Gasteiger partial charge in [-0.15, -0.1) is 0 Å². The lowest BCUT2D eigenvalue weighted by Crippen LogP contribution is -2.07. The molecule has 6 nitrogen and oxygen atoms in total. The van der Waals surface area contributed by atoms with Gasteiger partial charge in [0.2, 0.25) is 0 Å². The third kappa shape index (κ3) is 3.74. The van der Waals surface area contributed by atoms with Crippen molar-refractivity contribution in [3.05, 3.63) is 53.1 Å². The van der Waals surface area contributed by atoms with Gasteiger partial charge in [-0.25, -0.2) is 4.52 Å². The van der Waals surface area contributed by atoms with E-state index in [4.69, 9.17) is 10.2 Å². The van der Waals surface area contributed by atoms with Crippen molar-refractivity contribution in [1.82, 2.24) is 14.6 Å². The van der Waals surface area contributed by atoms with Crippen molar-refractivity contribution in [3.8, 4) is 11.1 Å². The summed E-state index contributed by atoms with van der Waals surface area (Å²) >= 11 is 0. The summed E-state index contributed by atoms with van der Waals surface area (Å²) in [7, 11) is 0. The third-order valence-corrected chi connectivity index (χ3v) is 4.79. The van der Waals surface area contributed by atoms with Crippen molar-refractivity contribution in [2.45, 2.75) is 46.5 Å². The Bertz CT molecular complexity index is 1020. The Morgan fingerprint density at radius 3 is 2.67 bits per heavy atom. The van der Waals surface area contributed by atoms with Gasteiger partial charge in [-0.05, 0) is 56.9 Å². The number of aliphatic carboxylic acids is 1. The number of ketones is 1. The molecule has 0 radical (unpaired) electrons. The molecule has 1 N–H and O–H groups in total. The lowest BCUT2D eigenvalue weighted by atomic mass is 9.95. The van der Waals surface area contributed by atoms with Gasteiger partial charge >= 0.3 is 5.97 Å². The monoisotopic (exact) mass is 365 g/mol. The summed E-state index contributed by atoms with van der Waals surface area (Å²) in [5.41, 5.74) is 6.30. The van der Waals surface area contributed by atoms with Crippen LogP contribution in [0.3, 0.4) is 0 Å². The average molecular weight is 365 g/mol. The number of hydrogen-bond acceptors (Lipinski definition) is 4. The van der Waals surface area contributed by atoms with Gasteiger partial charge in [-0.3, -0.25) is 14.6 Å². The SMILES string of the molecule is CCc1ccc2c(-c3cncc(C(C)=O)c3)c(CCCC(=O)O)c(C)nn12. The first-order valence-corrected chi connectivity index (χ1v) is 9.10. The molecular weight excluding hydrogens is 342 g/mol. The molecule has 0 saturated carbocycles. The number of rotatable bonds is 7. The summed E-state index contributed by atoms with van der Waals surface area (Å²) in [5.74, 6) is -0.845. The Morgan fingerprint density at radius 1 is 1.22 bits per heavy atom. The molecule has 0 bridgehead atoms. The number of carbonyl (C=O) groups excluding carboxylic acids is 1. The van der Waals surface area contributed by atoms with E-state index in [2.05, 4.69) is 18.0 Å². The fourth-order valence-electron chi connectivity index (χ4n) is 3.41. The fraction of sp³-hybridized carbons (Fsp3) is 0.333. The quantitative estimate of drug-likeness (QED) is 0.642. The van der Waals surface area contributed by atoms with Crippen molar-refractivity contribution in [3.63, 3.8) is 0 Å².